The highest BCUT2D eigenvalue weighted by Gasteiger charge is 2.52. The number of rotatable bonds is 5. The van der Waals surface area contributed by atoms with Gasteiger partial charge in [0.25, 0.3) is 11.8 Å². The molecule has 4 amide bonds. The maximum atomic E-state index is 13.0. The molecule has 0 unspecified atom stereocenters. The number of nitrogens with one attached hydrogen (secondary N) is 1. The molecule has 0 saturated carbocycles. The topological polar surface area (TPSA) is 79.0 Å². The summed E-state index contributed by atoms with van der Waals surface area (Å²) in [4.78, 5) is 40.9. The van der Waals surface area contributed by atoms with Crippen molar-refractivity contribution >= 4 is 29.4 Å². The summed E-state index contributed by atoms with van der Waals surface area (Å²) in [6.45, 7) is 0.909. The minimum absolute atomic E-state index is 0.0555. The molecule has 2 fully saturated rings. The van der Waals surface area contributed by atoms with Gasteiger partial charge in [-0.15, -0.1) is 0 Å². The molecule has 8 heteroatoms. The van der Waals surface area contributed by atoms with Crippen LogP contribution in [0.2, 0.25) is 5.02 Å². The van der Waals surface area contributed by atoms with Gasteiger partial charge >= 0.3 is 6.03 Å². The van der Waals surface area contributed by atoms with E-state index in [1.165, 1.54) is 4.90 Å². The lowest BCUT2D eigenvalue weighted by Gasteiger charge is -2.37. The zero-order chi connectivity index (χ0) is 21.1. The molecule has 0 atom stereocenters. The Labute approximate surface area is 179 Å². The minimum Gasteiger partial charge on any atom is -0.484 e. The summed E-state index contributed by atoms with van der Waals surface area (Å²) in [6, 6.07) is 15.8. The first-order valence-corrected chi connectivity index (χ1v) is 10.2. The fourth-order valence-corrected chi connectivity index (χ4v) is 3.95. The molecule has 1 spiro atoms. The summed E-state index contributed by atoms with van der Waals surface area (Å²) in [5.41, 5.74) is -0.119. The Morgan fingerprint density at radius 2 is 1.70 bits per heavy atom. The number of urea groups is 1. The third kappa shape index (κ3) is 4.11. The van der Waals surface area contributed by atoms with Crippen LogP contribution in [0.15, 0.2) is 54.6 Å². The molecular weight excluding hydrogens is 406 g/mol. The summed E-state index contributed by atoms with van der Waals surface area (Å²) in [5, 5.41) is 3.46. The van der Waals surface area contributed by atoms with Gasteiger partial charge < -0.3 is 15.0 Å². The number of likely N-dealkylation sites (tertiary alicyclic amines) is 1. The molecule has 2 heterocycles. The van der Waals surface area contributed by atoms with Gasteiger partial charge in [0.15, 0.2) is 6.61 Å². The minimum atomic E-state index is -0.944. The molecule has 1 N–H and O–H groups in total. The summed E-state index contributed by atoms with van der Waals surface area (Å²) < 4.78 is 5.52. The molecule has 2 aromatic rings. The number of carbonyl (C=O) groups excluding carboxylic acids is 3. The average molecular weight is 428 g/mol. The molecule has 0 aliphatic carbocycles. The molecule has 0 radical (unpaired) electrons. The Hall–Kier alpha value is -3.06. The second-order valence-electron chi connectivity index (χ2n) is 7.51. The van der Waals surface area contributed by atoms with Crippen LogP contribution in [0.25, 0.3) is 0 Å². The smallest absolute Gasteiger partial charge is 0.325 e. The van der Waals surface area contributed by atoms with Crippen molar-refractivity contribution in [3.63, 3.8) is 0 Å². The molecule has 2 aliphatic rings. The summed E-state index contributed by atoms with van der Waals surface area (Å²) >= 11 is 5.90. The fraction of sp³-hybridized carbons (Fsp3) is 0.318. The molecule has 2 aliphatic heterocycles. The van der Waals surface area contributed by atoms with E-state index in [4.69, 9.17) is 16.3 Å². The second-order valence-corrected chi connectivity index (χ2v) is 7.95. The third-order valence-corrected chi connectivity index (χ3v) is 5.83. The van der Waals surface area contributed by atoms with Crippen molar-refractivity contribution in [1.29, 1.82) is 0 Å². The van der Waals surface area contributed by atoms with Gasteiger partial charge in [0.05, 0.1) is 6.54 Å². The van der Waals surface area contributed by atoms with Crippen molar-refractivity contribution < 1.29 is 19.1 Å². The number of hydrogen-bond donors (Lipinski definition) is 1. The van der Waals surface area contributed by atoms with E-state index in [0.29, 0.717) is 36.7 Å². The number of hydrogen-bond acceptors (Lipinski definition) is 4. The number of nitrogens with zero attached hydrogens (tertiary/aromatic N) is 2. The number of carbonyl (C=O) groups is 3. The molecule has 156 valence electrons. The average Bonchev–Trinajstić information content (AvgIpc) is 2.99. The number of halogens is 1. The molecule has 4 rings (SSSR count). The molecule has 0 bridgehead atoms. The highest BCUT2D eigenvalue weighted by molar-refractivity contribution is 6.30. The maximum absolute atomic E-state index is 13.0. The zero-order valence-electron chi connectivity index (χ0n) is 16.3. The Kier molecular flexibility index (Phi) is 5.63. The lowest BCUT2D eigenvalue weighted by atomic mass is 9.87. The van der Waals surface area contributed by atoms with Gasteiger partial charge in [0, 0.05) is 18.1 Å². The zero-order valence-corrected chi connectivity index (χ0v) is 17.1. The number of amides is 4. The van der Waals surface area contributed by atoms with Gasteiger partial charge in [-0.2, -0.15) is 0 Å². The van der Waals surface area contributed by atoms with Gasteiger partial charge in [-0.25, -0.2) is 4.79 Å². The third-order valence-electron chi connectivity index (χ3n) is 5.58. The van der Waals surface area contributed by atoms with Crippen LogP contribution < -0.4 is 10.1 Å². The highest BCUT2D eigenvalue weighted by Crippen LogP contribution is 2.30. The number of benzene rings is 2. The maximum Gasteiger partial charge on any atom is 0.325 e. The predicted molar refractivity (Wildman–Crippen MR) is 111 cm³/mol. The largest absolute Gasteiger partial charge is 0.484 e. The first kappa shape index (κ1) is 20.2. The van der Waals surface area contributed by atoms with Crippen molar-refractivity contribution in [2.24, 2.45) is 0 Å². The van der Waals surface area contributed by atoms with Gasteiger partial charge in [-0.3, -0.25) is 14.5 Å². The second kappa shape index (κ2) is 8.36. The van der Waals surface area contributed by atoms with Crippen LogP contribution in [0, 0.1) is 0 Å². The lowest BCUT2D eigenvalue weighted by molar-refractivity contribution is -0.139. The van der Waals surface area contributed by atoms with Crippen LogP contribution in [0.1, 0.15) is 18.4 Å². The van der Waals surface area contributed by atoms with E-state index in [1.54, 1.807) is 41.3 Å². The van der Waals surface area contributed by atoms with Gasteiger partial charge in [-0.1, -0.05) is 41.9 Å². The van der Waals surface area contributed by atoms with Crippen molar-refractivity contribution in [3.8, 4) is 5.75 Å². The lowest BCUT2D eigenvalue weighted by Crippen LogP contribution is -2.56. The number of imide groups is 1. The summed E-state index contributed by atoms with van der Waals surface area (Å²) in [7, 11) is 0. The van der Waals surface area contributed by atoms with Crippen LogP contribution in [0.5, 0.6) is 5.75 Å². The standard InChI is InChI=1S/C22H22ClN3O4/c23-17-8-6-16(7-9-17)14-26-20(28)22(24-21(26)29)10-12-25(13-11-22)19(27)15-30-18-4-2-1-3-5-18/h1-9H,10-15H2,(H,24,29). The highest BCUT2D eigenvalue weighted by atomic mass is 35.5. The van der Waals surface area contributed by atoms with Gasteiger partial charge in [-0.05, 0) is 42.7 Å². The van der Waals surface area contributed by atoms with Crippen molar-refractivity contribution in [1.82, 2.24) is 15.1 Å². The van der Waals surface area contributed by atoms with E-state index in [0.717, 1.165) is 5.56 Å². The number of para-hydroxylation sites is 1. The molecule has 2 saturated heterocycles. The van der Waals surface area contributed by atoms with E-state index in [1.807, 2.05) is 18.2 Å². The normalized spacial score (nSPS) is 17.9. The monoisotopic (exact) mass is 427 g/mol. The van der Waals surface area contributed by atoms with Crippen molar-refractivity contribution in [2.75, 3.05) is 19.7 Å². The predicted octanol–water partition coefficient (Wildman–Crippen LogP) is 2.83. The van der Waals surface area contributed by atoms with Gasteiger partial charge in [0.2, 0.25) is 0 Å². The van der Waals surface area contributed by atoms with Crippen LogP contribution in [0.4, 0.5) is 4.79 Å². The Balaban J connectivity index is 1.34. The molecule has 30 heavy (non-hydrogen) atoms. The van der Waals surface area contributed by atoms with Crippen LogP contribution in [0.3, 0.4) is 0 Å². The molecule has 7 nitrogen and oxygen atoms in total. The Bertz CT molecular complexity index is 941. The first-order chi connectivity index (χ1) is 14.5. The quantitative estimate of drug-likeness (QED) is 0.744. The Morgan fingerprint density at radius 1 is 1.03 bits per heavy atom. The summed E-state index contributed by atoms with van der Waals surface area (Å²) in [6.07, 6.45) is 0.761. The van der Waals surface area contributed by atoms with Crippen molar-refractivity contribution in [3.05, 3.63) is 65.2 Å². The van der Waals surface area contributed by atoms with E-state index in [9.17, 15) is 14.4 Å². The fourth-order valence-electron chi connectivity index (χ4n) is 3.82. The molecule has 0 aromatic heterocycles. The van der Waals surface area contributed by atoms with Crippen LogP contribution in [-0.2, 0) is 16.1 Å². The van der Waals surface area contributed by atoms with E-state index >= 15 is 0 Å². The van der Waals surface area contributed by atoms with Crippen molar-refractivity contribution in [2.45, 2.75) is 24.9 Å². The van der Waals surface area contributed by atoms with Crippen LogP contribution in [-0.4, -0.2) is 52.9 Å². The SMILES string of the molecule is O=C(COc1ccccc1)N1CCC2(CC1)NC(=O)N(Cc1ccc(Cl)cc1)C2=O. The molecular formula is C22H22ClN3O4. The summed E-state index contributed by atoms with van der Waals surface area (Å²) in [5.74, 6) is 0.258. The number of piperidine rings is 1. The van der Waals surface area contributed by atoms with Crippen LogP contribution >= 0.6 is 11.6 Å². The van der Waals surface area contributed by atoms with E-state index < -0.39 is 11.6 Å². The van der Waals surface area contributed by atoms with Gasteiger partial charge in [0.1, 0.15) is 11.3 Å². The molecule has 2 aromatic carbocycles. The Morgan fingerprint density at radius 3 is 2.37 bits per heavy atom. The first-order valence-electron chi connectivity index (χ1n) is 9.81. The number of ether oxygens (including phenoxy) is 1. The van der Waals surface area contributed by atoms with E-state index in [2.05, 4.69) is 5.32 Å². The van der Waals surface area contributed by atoms with E-state index in [-0.39, 0.29) is 25.0 Å².